The molecule has 0 atom stereocenters. The maximum atomic E-state index is 12.2. The summed E-state index contributed by atoms with van der Waals surface area (Å²) in [6.07, 6.45) is 1.99. The van der Waals surface area contributed by atoms with Gasteiger partial charge in [0.15, 0.2) is 11.5 Å². The predicted molar refractivity (Wildman–Crippen MR) is 108 cm³/mol. The summed E-state index contributed by atoms with van der Waals surface area (Å²) in [6, 6.07) is 17.4. The van der Waals surface area contributed by atoms with Crippen molar-refractivity contribution in [2.24, 2.45) is 0 Å². The van der Waals surface area contributed by atoms with Gasteiger partial charge in [0.25, 0.3) is 0 Å². The van der Waals surface area contributed by atoms with Gasteiger partial charge in [0.2, 0.25) is 12.7 Å². The number of aromatic nitrogens is 1. The van der Waals surface area contributed by atoms with Gasteiger partial charge in [0, 0.05) is 6.54 Å². The lowest BCUT2D eigenvalue weighted by atomic mass is 10.1. The van der Waals surface area contributed by atoms with Crippen molar-refractivity contribution in [1.82, 2.24) is 4.98 Å². The first-order chi connectivity index (χ1) is 13.7. The van der Waals surface area contributed by atoms with Gasteiger partial charge >= 0.3 is 0 Å². The van der Waals surface area contributed by atoms with Crippen LogP contribution in [0.15, 0.2) is 60.8 Å². The number of amides is 1. The number of aryl methyl sites for hydroxylation is 1. The zero-order valence-electron chi connectivity index (χ0n) is 15.6. The van der Waals surface area contributed by atoms with Gasteiger partial charge in [-0.15, -0.1) is 0 Å². The zero-order chi connectivity index (χ0) is 19.3. The summed E-state index contributed by atoms with van der Waals surface area (Å²) in [6.45, 7) is 2.89. The highest BCUT2D eigenvalue weighted by molar-refractivity contribution is 5.92. The van der Waals surface area contributed by atoms with Crippen LogP contribution in [0.3, 0.4) is 0 Å². The smallest absolute Gasteiger partial charge is 0.231 e. The van der Waals surface area contributed by atoms with Gasteiger partial charge in [-0.2, -0.15) is 0 Å². The molecule has 1 aliphatic heterocycles. The molecule has 142 valence electrons. The highest BCUT2D eigenvalue weighted by atomic mass is 16.7. The Morgan fingerprint density at radius 3 is 2.75 bits per heavy atom. The van der Waals surface area contributed by atoms with Crippen molar-refractivity contribution < 1.29 is 14.3 Å². The summed E-state index contributed by atoms with van der Waals surface area (Å²) < 4.78 is 10.7. The fourth-order valence-electron chi connectivity index (χ4n) is 3.00. The maximum Gasteiger partial charge on any atom is 0.231 e. The number of carbonyl (C=O) groups excluding carboxylic acids is 1. The first-order valence-electron chi connectivity index (χ1n) is 9.10. The Bertz CT molecular complexity index is 987. The first kappa shape index (κ1) is 17.9. The van der Waals surface area contributed by atoms with E-state index in [0.29, 0.717) is 18.7 Å². The molecule has 1 amide bonds. The van der Waals surface area contributed by atoms with Crippen LogP contribution in [0.5, 0.6) is 11.5 Å². The number of anilines is 2. The highest BCUT2D eigenvalue weighted by Gasteiger charge is 2.13. The summed E-state index contributed by atoms with van der Waals surface area (Å²) in [5, 5.41) is 6.15. The van der Waals surface area contributed by atoms with Gasteiger partial charge in [0.1, 0.15) is 5.82 Å². The lowest BCUT2D eigenvalue weighted by Crippen LogP contribution is -2.15. The third kappa shape index (κ3) is 4.23. The number of nitrogens with one attached hydrogen (secondary N) is 2. The Morgan fingerprint density at radius 1 is 1.07 bits per heavy atom. The number of hydrogen-bond acceptors (Lipinski definition) is 5. The van der Waals surface area contributed by atoms with Gasteiger partial charge < -0.3 is 20.1 Å². The first-order valence-corrected chi connectivity index (χ1v) is 9.10. The van der Waals surface area contributed by atoms with Crippen molar-refractivity contribution in [1.29, 1.82) is 0 Å². The van der Waals surface area contributed by atoms with Gasteiger partial charge in [-0.3, -0.25) is 4.79 Å². The Labute approximate surface area is 163 Å². The van der Waals surface area contributed by atoms with Crippen molar-refractivity contribution in [3.63, 3.8) is 0 Å². The topological polar surface area (TPSA) is 72.5 Å². The predicted octanol–water partition coefficient (Wildman–Crippen LogP) is 3.91. The molecule has 4 rings (SSSR count). The summed E-state index contributed by atoms with van der Waals surface area (Å²) in [7, 11) is 0. The quantitative estimate of drug-likeness (QED) is 0.683. The van der Waals surface area contributed by atoms with E-state index >= 15 is 0 Å². The van der Waals surface area contributed by atoms with Crippen LogP contribution in [0.1, 0.15) is 16.7 Å². The van der Waals surface area contributed by atoms with Crippen LogP contribution in [0, 0.1) is 6.92 Å². The summed E-state index contributed by atoms with van der Waals surface area (Å²) in [4.78, 5) is 16.6. The van der Waals surface area contributed by atoms with E-state index in [1.165, 1.54) is 0 Å². The Balaban J connectivity index is 1.31. The molecule has 28 heavy (non-hydrogen) atoms. The molecular weight excluding hydrogens is 354 g/mol. The largest absolute Gasteiger partial charge is 0.454 e. The second-order valence-corrected chi connectivity index (χ2v) is 6.62. The van der Waals surface area contributed by atoms with Crippen molar-refractivity contribution in [2.75, 3.05) is 17.4 Å². The molecule has 2 heterocycles. The number of hydrogen-bond donors (Lipinski definition) is 2. The summed E-state index contributed by atoms with van der Waals surface area (Å²) in [5.74, 6) is 2.21. The fourth-order valence-corrected chi connectivity index (χ4v) is 3.00. The van der Waals surface area contributed by atoms with Crippen molar-refractivity contribution in [3.05, 3.63) is 77.5 Å². The lowest BCUT2D eigenvalue weighted by molar-refractivity contribution is -0.115. The number of ether oxygens (including phenoxy) is 2. The third-order valence-electron chi connectivity index (χ3n) is 4.57. The maximum absolute atomic E-state index is 12.2. The average molecular weight is 375 g/mol. The zero-order valence-corrected chi connectivity index (χ0v) is 15.6. The summed E-state index contributed by atoms with van der Waals surface area (Å²) >= 11 is 0. The third-order valence-corrected chi connectivity index (χ3v) is 4.57. The minimum Gasteiger partial charge on any atom is -0.454 e. The number of benzene rings is 2. The number of carbonyl (C=O) groups is 1. The molecule has 3 aromatic rings. The van der Waals surface area contributed by atoms with Gasteiger partial charge in [-0.1, -0.05) is 30.3 Å². The minimum absolute atomic E-state index is 0.0582. The Kier molecular flexibility index (Phi) is 5.10. The van der Waals surface area contributed by atoms with E-state index in [2.05, 4.69) is 15.6 Å². The number of pyridine rings is 1. The van der Waals surface area contributed by atoms with E-state index in [4.69, 9.17) is 9.47 Å². The van der Waals surface area contributed by atoms with Crippen molar-refractivity contribution in [2.45, 2.75) is 19.9 Å². The SMILES string of the molecule is Cc1ccccc1CC(=O)Nc1ccc(NCc2ccc3c(c2)OCO3)nc1. The van der Waals surface area contributed by atoms with Crippen LogP contribution in [-0.4, -0.2) is 17.7 Å². The van der Waals surface area contributed by atoms with E-state index in [-0.39, 0.29) is 12.7 Å². The number of rotatable bonds is 6. The molecule has 0 unspecified atom stereocenters. The fraction of sp³-hybridized carbons (Fsp3) is 0.182. The Hall–Kier alpha value is -3.54. The molecule has 6 heteroatoms. The molecule has 0 spiro atoms. The molecule has 0 aliphatic carbocycles. The number of nitrogens with zero attached hydrogens (tertiary/aromatic N) is 1. The normalized spacial score (nSPS) is 11.9. The van der Waals surface area contributed by atoms with E-state index < -0.39 is 0 Å². The second-order valence-electron chi connectivity index (χ2n) is 6.62. The second kappa shape index (κ2) is 8.00. The average Bonchev–Trinajstić information content (AvgIpc) is 3.17. The van der Waals surface area contributed by atoms with Gasteiger partial charge in [-0.25, -0.2) is 4.98 Å². The lowest BCUT2D eigenvalue weighted by Gasteiger charge is -2.09. The monoisotopic (exact) mass is 375 g/mol. The van der Waals surface area contributed by atoms with Crippen LogP contribution < -0.4 is 20.1 Å². The van der Waals surface area contributed by atoms with Crippen LogP contribution >= 0.6 is 0 Å². The molecule has 2 aromatic carbocycles. The van der Waals surface area contributed by atoms with Gasteiger partial charge in [-0.05, 0) is 47.9 Å². The minimum atomic E-state index is -0.0582. The molecule has 1 aromatic heterocycles. The van der Waals surface area contributed by atoms with Crippen LogP contribution in [0.4, 0.5) is 11.5 Å². The molecule has 2 N–H and O–H groups in total. The van der Waals surface area contributed by atoms with E-state index in [1.807, 2.05) is 61.5 Å². The van der Waals surface area contributed by atoms with E-state index in [9.17, 15) is 4.79 Å². The molecular formula is C22H21N3O3. The molecule has 0 saturated carbocycles. The van der Waals surface area contributed by atoms with Crippen LogP contribution in [0.25, 0.3) is 0 Å². The van der Waals surface area contributed by atoms with E-state index in [1.54, 1.807) is 6.20 Å². The van der Waals surface area contributed by atoms with Gasteiger partial charge in [0.05, 0.1) is 18.3 Å². The van der Waals surface area contributed by atoms with E-state index in [0.717, 1.165) is 34.0 Å². The van der Waals surface area contributed by atoms with Crippen LogP contribution in [-0.2, 0) is 17.8 Å². The highest BCUT2D eigenvalue weighted by Crippen LogP contribution is 2.32. The molecule has 0 saturated heterocycles. The van der Waals surface area contributed by atoms with Crippen LogP contribution in [0.2, 0.25) is 0 Å². The molecule has 0 bridgehead atoms. The molecule has 0 fully saturated rings. The standard InChI is InChI=1S/C22H21N3O3/c1-15-4-2-3-5-17(15)11-22(26)25-18-7-9-21(24-13-18)23-12-16-6-8-19-20(10-16)28-14-27-19/h2-10,13H,11-12,14H2,1H3,(H,23,24)(H,25,26). The number of fused-ring (bicyclic) bond motifs is 1. The van der Waals surface area contributed by atoms with Crippen molar-refractivity contribution >= 4 is 17.4 Å². The Morgan fingerprint density at radius 2 is 1.93 bits per heavy atom. The molecule has 0 radical (unpaired) electrons. The molecule has 1 aliphatic rings. The summed E-state index contributed by atoms with van der Waals surface area (Å²) in [5.41, 5.74) is 3.88. The van der Waals surface area contributed by atoms with Crippen molar-refractivity contribution in [3.8, 4) is 11.5 Å². The molecule has 6 nitrogen and oxygen atoms in total.